The lowest BCUT2D eigenvalue weighted by Crippen LogP contribution is -2.39. The fourth-order valence-electron chi connectivity index (χ4n) is 2.92. The Morgan fingerprint density at radius 1 is 1.27 bits per heavy atom. The molecule has 2 rings (SSSR count). The van der Waals surface area contributed by atoms with Crippen molar-refractivity contribution < 1.29 is 0 Å². The predicted octanol–water partition coefficient (Wildman–Crippen LogP) is 2.03. The summed E-state index contributed by atoms with van der Waals surface area (Å²) in [7, 11) is 0. The van der Waals surface area contributed by atoms with Gasteiger partial charge in [0.05, 0.1) is 0 Å². The third-order valence-corrected chi connectivity index (χ3v) is 3.79. The second kappa shape index (κ2) is 2.48. The van der Waals surface area contributed by atoms with Gasteiger partial charge in [-0.15, -0.1) is 0 Å². The number of fused-ring (bicyclic) bond motifs is 1. The fourth-order valence-corrected chi connectivity index (χ4v) is 2.92. The quantitative estimate of drug-likeness (QED) is 0.561. The monoisotopic (exact) mass is 153 g/mol. The summed E-state index contributed by atoms with van der Waals surface area (Å²) in [6.45, 7) is 7.41. The third-order valence-electron chi connectivity index (χ3n) is 3.79. The SMILES string of the molecule is CC1(C)CCC2CCNCC21. The zero-order valence-corrected chi connectivity index (χ0v) is 7.69. The molecule has 1 heteroatoms. The Balaban J connectivity index is 2.10. The molecule has 1 heterocycles. The van der Waals surface area contributed by atoms with E-state index < -0.39 is 0 Å². The highest BCUT2D eigenvalue weighted by Gasteiger charge is 2.42. The van der Waals surface area contributed by atoms with Crippen LogP contribution in [0.2, 0.25) is 0 Å². The van der Waals surface area contributed by atoms with Crippen molar-refractivity contribution in [1.29, 1.82) is 0 Å². The minimum atomic E-state index is 0.623. The van der Waals surface area contributed by atoms with Gasteiger partial charge in [-0.25, -0.2) is 0 Å². The van der Waals surface area contributed by atoms with Crippen molar-refractivity contribution in [2.45, 2.75) is 33.1 Å². The second-order valence-corrected chi connectivity index (χ2v) is 4.89. The Labute approximate surface area is 69.6 Å². The van der Waals surface area contributed by atoms with Gasteiger partial charge in [-0.1, -0.05) is 13.8 Å². The molecule has 2 fully saturated rings. The van der Waals surface area contributed by atoms with E-state index in [1.807, 2.05) is 0 Å². The van der Waals surface area contributed by atoms with Gasteiger partial charge in [0.2, 0.25) is 0 Å². The molecule has 0 radical (unpaired) electrons. The van der Waals surface area contributed by atoms with Gasteiger partial charge < -0.3 is 5.32 Å². The van der Waals surface area contributed by atoms with Crippen molar-refractivity contribution in [3.63, 3.8) is 0 Å². The number of nitrogens with one attached hydrogen (secondary N) is 1. The zero-order chi connectivity index (χ0) is 7.90. The summed E-state index contributed by atoms with van der Waals surface area (Å²) in [5.41, 5.74) is 0.623. The van der Waals surface area contributed by atoms with Crippen LogP contribution in [0, 0.1) is 17.3 Å². The number of hydrogen-bond donors (Lipinski definition) is 1. The van der Waals surface area contributed by atoms with E-state index in [1.165, 1.54) is 32.4 Å². The fraction of sp³-hybridized carbons (Fsp3) is 1.00. The molecule has 0 aromatic carbocycles. The summed E-state index contributed by atoms with van der Waals surface area (Å²) in [5, 5.41) is 3.51. The Morgan fingerprint density at radius 3 is 2.82 bits per heavy atom. The molecule has 11 heavy (non-hydrogen) atoms. The molecule has 2 atom stereocenters. The van der Waals surface area contributed by atoms with Gasteiger partial charge in [-0.2, -0.15) is 0 Å². The largest absolute Gasteiger partial charge is 0.316 e. The van der Waals surface area contributed by atoms with E-state index in [2.05, 4.69) is 19.2 Å². The van der Waals surface area contributed by atoms with Gasteiger partial charge in [0.1, 0.15) is 0 Å². The van der Waals surface area contributed by atoms with Crippen LogP contribution < -0.4 is 5.32 Å². The maximum absolute atomic E-state index is 3.51. The summed E-state index contributed by atoms with van der Waals surface area (Å²) in [6, 6.07) is 0. The summed E-state index contributed by atoms with van der Waals surface area (Å²) in [4.78, 5) is 0. The van der Waals surface area contributed by atoms with Crippen LogP contribution >= 0.6 is 0 Å². The van der Waals surface area contributed by atoms with E-state index >= 15 is 0 Å². The molecule has 2 aliphatic rings. The minimum Gasteiger partial charge on any atom is -0.316 e. The highest BCUT2D eigenvalue weighted by molar-refractivity contribution is 4.94. The van der Waals surface area contributed by atoms with Crippen LogP contribution in [0.3, 0.4) is 0 Å². The smallest absolute Gasteiger partial charge is 0.00127 e. The third kappa shape index (κ3) is 1.20. The van der Waals surface area contributed by atoms with Crippen LogP contribution in [0.15, 0.2) is 0 Å². The molecular formula is C10H19N. The minimum absolute atomic E-state index is 0.623. The van der Waals surface area contributed by atoms with E-state index in [1.54, 1.807) is 0 Å². The molecule has 0 spiro atoms. The van der Waals surface area contributed by atoms with Crippen LogP contribution in [0.4, 0.5) is 0 Å². The Bertz CT molecular complexity index is 151. The van der Waals surface area contributed by atoms with E-state index in [0.29, 0.717) is 5.41 Å². The molecule has 0 aromatic heterocycles. The molecule has 2 unspecified atom stereocenters. The molecule has 1 saturated heterocycles. The number of piperidine rings is 1. The van der Waals surface area contributed by atoms with Gasteiger partial charge in [-0.05, 0) is 49.6 Å². The molecule has 1 N–H and O–H groups in total. The maximum Gasteiger partial charge on any atom is -0.00127 e. The lowest BCUT2D eigenvalue weighted by Gasteiger charge is -2.34. The van der Waals surface area contributed by atoms with E-state index in [9.17, 15) is 0 Å². The van der Waals surface area contributed by atoms with Crippen molar-refractivity contribution >= 4 is 0 Å². The first-order valence-corrected chi connectivity index (χ1v) is 4.91. The maximum atomic E-state index is 3.51. The van der Waals surface area contributed by atoms with Gasteiger partial charge in [0, 0.05) is 0 Å². The predicted molar refractivity (Wildman–Crippen MR) is 47.5 cm³/mol. The van der Waals surface area contributed by atoms with Crippen LogP contribution in [-0.4, -0.2) is 13.1 Å². The van der Waals surface area contributed by atoms with Gasteiger partial charge in [-0.3, -0.25) is 0 Å². The molecule has 1 aliphatic carbocycles. The van der Waals surface area contributed by atoms with Gasteiger partial charge in [0.15, 0.2) is 0 Å². The summed E-state index contributed by atoms with van der Waals surface area (Å²) in [6.07, 6.45) is 4.36. The molecule has 1 saturated carbocycles. The summed E-state index contributed by atoms with van der Waals surface area (Å²) < 4.78 is 0. The Kier molecular flexibility index (Phi) is 1.71. The zero-order valence-electron chi connectivity index (χ0n) is 7.69. The molecule has 1 nitrogen and oxygen atoms in total. The standard InChI is InChI=1S/C10H19N/c1-10(2)5-3-8-4-6-11-7-9(8)10/h8-9,11H,3-7H2,1-2H3. The van der Waals surface area contributed by atoms with Crippen molar-refractivity contribution in [2.24, 2.45) is 17.3 Å². The first-order valence-electron chi connectivity index (χ1n) is 4.91. The second-order valence-electron chi connectivity index (χ2n) is 4.89. The van der Waals surface area contributed by atoms with E-state index in [-0.39, 0.29) is 0 Å². The van der Waals surface area contributed by atoms with Crippen molar-refractivity contribution in [1.82, 2.24) is 5.32 Å². The van der Waals surface area contributed by atoms with Crippen molar-refractivity contribution in [3.05, 3.63) is 0 Å². The molecule has 0 amide bonds. The lowest BCUT2D eigenvalue weighted by molar-refractivity contribution is 0.179. The van der Waals surface area contributed by atoms with Crippen LogP contribution in [0.5, 0.6) is 0 Å². The van der Waals surface area contributed by atoms with Crippen molar-refractivity contribution in [3.8, 4) is 0 Å². The summed E-state index contributed by atoms with van der Waals surface area (Å²) >= 11 is 0. The van der Waals surface area contributed by atoms with Crippen LogP contribution in [0.1, 0.15) is 33.1 Å². The average Bonchev–Trinajstić information content (AvgIpc) is 2.29. The molecule has 1 aliphatic heterocycles. The lowest BCUT2D eigenvalue weighted by atomic mass is 9.76. The molecule has 64 valence electrons. The molecular weight excluding hydrogens is 134 g/mol. The topological polar surface area (TPSA) is 12.0 Å². The molecule has 0 bridgehead atoms. The van der Waals surface area contributed by atoms with Crippen LogP contribution in [0.25, 0.3) is 0 Å². The molecule has 0 aromatic rings. The van der Waals surface area contributed by atoms with E-state index in [0.717, 1.165) is 11.8 Å². The van der Waals surface area contributed by atoms with Gasteiger partial charge in [0.25, 0.3) is 0 Å². The number of rotatable bonds is 0. The highest BCUT2D eigenvalue weighted by atomic mass is 14.9. The summed E-state index contributed by atoms with van der Waals surface area (Å²) in [5.74, 6) is 2.02. The Morgan fingerprint density at radius 2 is 2.09 bits per heavy atom. The normalized spacial score (nSPS) is 42.0. The van der Waals surface area contributed by atoms with Gasteiger partial charge >= 0.3 is 0 Å². The average molecular weight is 153 g/mol. The first kappa shape index (κ1) is 7.60. The number of hydrogen-bond acceptors (Lipinski definition) is 1. The van der Waals surface area contributed by atoms with Crippen LogP contribution in [-0.2, 0) is 0 Å². The Hall–Kier alpha value is -0.0400. The van der Waals surface area contributed by atoms with E-state index in [4.69, 9.17) is 0 Å². The highest BCUT2D eigenvalue weighted by Crippen LogP contribution is 2.48. The first-order chi connectivity index (χ1) is 5.20. The van der Waals surface area contributed by atoms with Crippen molar-refractivity contribution in [2.75, 3.05) is 13.1 Å².